The zero-order valence-electron chi connectivity index (χ0n) is 17.3. The van der Waals surface area contributed by atoms with Crippen molar-refractivity contribution < 1.29 is 14.3 Å². The molecule has 1 saturated heterocycles. The lowest BCUT2D eigenvalue weighted by atomic mass is 10.2. The van der Waals surface area contributed by atoms with Gasteiger partial charge < -0.3 is 15.0 Å². The Hall–Kier alpha value is -2.71. The molecule has 1 aromatic heterocycles. The molecule has 2 heterocycles. The third-order valence-corrected chi connectivity index (χ3v) is 5.76. The predicted octanol–water partition coefficient (Wildman–Crippen LogP) is 2.20. The largest absolute Gasteiger partial charge is 0.493 e. The average molecular weight is 429 g/mol. The van der Waals surface area contributed by atoms with Crippen LogP contribution in [-0.4, -0.2) is 72.5 Å². The van der Waals surface area contributed by atoms with Gasteiger partial charge in [-0.1, -0.05) is 18.2 Å². The monoisotopic (exact) mass is 428 g/mol. The number of hydrogen-bond donors (Lipinski definition) is 1. The molecule has 8 heteroatoms. The molecule has 0 aliphatic carbocycles. The van der Waals surface area contributed by atoms with Crippen molar-refractivity contribution in [2.75, 3.05) is 45.9 Å². The lowest BCUT2D eigenvalue weighted by Crippen LogP contribution is -2.51. The van der Waals surface area contributed by atoms with Gasteiger partial charge in [-0.15, -0.1) is 17.9 Å². The second-order valence-electron chi connectivity index (χ2n) is 7.00. The second kappa shape index (κ2) is 10.9. The van der Waals surface area contributed by atoms with Gasteiger partial charge >= 0.3 is 0 Å². The quantitative estimate of drug-likeness (QED) is 0.620. The summed E-state index contributed by atoms with van der Waals surface area (Å²) < 4.78 is 5.69. The highest BCUT2D eigenvalue weighted by Crippen LogP contribution is 2.32. The Balaban J connectivity index is 1.52. The minimum absolute atomic E-state index is 0.0167. The van der Waals surface area contributed by atoms with Crippen molar-refractivity contribution in [3.8, 4) is 16.3 Å². The molecule has 3 rings (SSSR count). The average Bonchev–Trinajstić information content (AvgIpc) is 3.21. The molecule has 2 amide bonds. The van der Waals surface area contributed by atoms with Gasteiger partial charge in [0.2, 0.25) is 11.8 Å². The van der Waals surface area contributed by atoms with Gasteiger partial charge in [-0.25, -0.2) is 4.98 Å². The lowest BCUT2D eigenvalue weighted by Gasteiger charge is -2.34. The van der Waals surface area contributed by atoms with Crippen molar-refractivity contribution in [3.63, 3.8) is 0 Å². The molecule has 0 atom stereocenters. The van der Waals surface area contributed by atoms with E-state index in [1.54, 1.807) is 6.08 Å². The molecule has 1 fully saturated rings. The van der Waals surface area contributed by atoms with Crippen molar-refractivity contribution in [3.05, 3.63) is 48.0 Å². The Kier molecular flexibility index (Phi) is 7.98. The van der Waals surface area contributed by atoms with Crippen LogP contribution in [0.15, 0.2) is 42.3 Å². The number of nitrogens with zero attached hydrogens (tertiary/aromatic N) is 3. The molecule has 0 unspecified atom stereocenters. The van der Waals surface area contributed by atoms with Crippen LogP contribution in [0.1, 0.15) is 12.6 Å². The van der Waals surface area contributed by atoms with Gasteiger partial charge in [-0.3, -0.25) is 14.5 Å². The van der Waals surface area contributed by atoms with Gasteiger partial charge in [0.15, 0.2) is 0 Å². The third-order valence-electron chi connectivity index (χ3n) is 4.84. The van der Waals surface area contributed by atoms with E-state index in [4.69, 9.17) is 4.74 Å². The molecule has 0 spiro atoms. The molecule has 0 saturated carbocycles. The molecular weight excluding hydrogens is 400 g/mol. The van der Waals surface area contributed by atoms with Crippen molar-refractivity contribution >= 4 is 23.2 Å². The Morgan fingerprint density at radius 1 is 1.27 bits per heavy atom. The number of benzene rings is 1. The molecule has 160 valence electrons. The number of carbonyl (C=O) groups excluding carboxylic acids is 2. The zero-order chi connectivity index (χ0) is 21.3. The van der Waals surface area contributed by atoms with Gasteiger partial charge in [0.1, 0.15) is 10.8 Å². The number of piperazine rings is 1. The van der Waals surface area contributed by atoms with Crippen LogP contribution in [-0.2, 0) is 16.0 Å². The number of hydrogen-bond acceptors (Lipinski definition) is 6. The van der Waals surface area contributed by atoms with E-state index in [1.165, 1.54) is 11.3 Å². The van der Waals surface area contributed by atoms with E-state index in [9.17, 15) is 9.59 Å². The van der Waals surface area contributed by atoms with E-state index in [-0.39, 0.29) is 18.2 Å². The van der Waals surface area contributed by atoms with E-state index < -0.39 is 0 Å². The number of rotatable bonds is 9. The first-order valence-electron chi connectivity index (χ1n) is 10.1. The number of ether oxygens (including phenoxy) is 1. The molecule has 1 aromatic carbocycles. The fourth-order valence-corrected chi connectivity index (χ4v) is 4.15. The molecular formula is C22H28N4O3S. The summed E-state index contributed by atoms with van der Waals surface area (Å²) in [5.41, 5.74) is 1.73. The van der Waals surface area contributed by atoms with Gasteiger partial charge in [-0.05, 0) is 19.1 Å². The third kappa shape index (κ3) is 5.90. The molecule has 1 aliphatic heterocycles. The highest BCUT2D eigenvalue weighted by molar-refractivity contribution is 7.13. The fraction of sp³-hybridized carbons (Fsp3) is 0.409. The van der Waals surface area contributed by atoms with Crippen molar-refractivity contribution in [1.82, 2.24) is 20.1 Å². The molecule has 1 N–H and O–H groups in total. The summed E-state index contributed by atoms with van der Waals surface area (Å²) in [6.45, 7) is 9.59. The lowest BCUT2D eigenvalue weighted by molar-refractivity contribution is -0.132. The summed E-state index contributed by atoms with van der Waals surface area (Å²) in [4.78, 5) is 33.1. The smallest absolute Gasteiger partial charge is 0.234 e. The van der Waals surface area contributed by atoms with Gasteiger partial charge in [0.05, 0.1) is 30.8 Å². The number of nitrogens with one attached hydrogen (secondary N) is 1. The minimum Gasteiger partial charge on any atom is -0.493 e. The number of aromatic nitrogens is 1. The van der Waals surface area contributed by atoms with E-state index in [0.29, 0.717) is 45.9 Å². The first-order valence-corrected chi connectivity index (χ1v) is 11.0. The van der Waals surface area contributed by atoms with E-state index in [2.05, 4.69) is 21.8 Å². The van der Waals surface area contributed by atoms with Crippen molar-refractivity contribution in [1.29, 1.82) is 0 Å². The molecule has 0 radical (unpaired) electrons. The summed E-state index contributed by atoms with van der Waals surface area (Å²) in [7, 11) is 0. The van der Waals surface area contributed by atoms with Gasteiger partial charge in [-0.2, -0.15) is 0 Å². The highest BCUT2D eigenvalue weighted by Gasteiger charge is 2.23. The van der Waals surface area contributed by atoms with Crippen LogP contribution in [0.4, 0.5) is 0 Å². The van der Waals surface area contributed by atoms with Gasteiger partial charge in [0, 0.05) is 38.1 Å². The maximum absolute atomic E-state index is 12.7. The van der Waals surface area contributed by atoms with Crippen LogP contribution in [0.5, 0.6) is 5.75 Å². The van der Waals surface area contributed by atoms with Crippen LogP contribution in [0.25, 0.3) is 10.6 Å². The van der Waals surface area contributed by atoms with E-state index in [1.807, 2.05) is 41.5 Å². The van der Waals surface area contributed by atoms with Crippen molar-refractivity contribution in [2.45, 2.75) is 13.3 Å². The van der Waals surface area contributed by atoms with Crippen LogP contribution < -0.4 is 10.1 Å². The SMILES string of the molecule is C=CCNC(=O)CN1CCN(C(=O)Cc2csc(-c3ccccc3OCC)n2)CC1. The molecule has 30 heavy (non-hydrogen) atoms. The summed E-state index contributed by atoms with van der Waals surface area (Å²) in [6.07, 6.45) is 1.95. The van der Waals surface area contributed by atoms with Crippen LogP contribution >= 0.6 is 11.3 Å². The summed E-state index contributed by atoms with van der Waals surface area (Å²) in [5.74, 6) is 0.859. The summed E-state index contributed by atoms with van der Waals surface area (Å²) in [5, 5.41) is 5.58. The van der Waals surface area contributed by atoms with Crippen LogP contribution in [0.3, 0.4) is 0 Å². The molecule has 1 aliphatic rings. The Bertz CT molecular complexity index is 875. The molecule has 0 bridgehead atoms. The predicted molar refractivity (Wildman–Crippen MR) is 119 cm³/mol. The van der Waals surface area contributed by atoms with Crippen LogP contribution in [0.2, 0.25) is 0 Å². The standard InChI is InChI=1S/C22H28N4O3S/c1-3-9-23-20(27)15-25-10-12-26(13-11-25)21(28)14-17-16-30-22(24-17)18-7-5-6-8-19(18)29-4-2/h3,5-8,16H,1,4,9-15H2,2H3,(H,23,27). The normalized spacial score (nSPS) is 14.4. The number of carbonyl (C=O) groups is 2. The zero-order valence-corrected chi connectivity index (χ0v) is 18.1. The maximum atomic E-state index is 12.7. The molecule has 7 nitrogen and oxygen atoms in total. The Morgan fingerprint density at radius 3 is 2.77 bits per heavy atom. The summed E-state index contributed by atoms with van der Waals surface area (Å²) in [6, 6.07) is 7.82. The number of thiazole rings is 1. The fourth-order valence-electron chi connectivity index (χ4n) is 3.30. The Labute approximate surface area is 181 Å². The van der Waals surface area contributed by atoms with E-state index >= 15 is 0 Å². The first kappa shape index (κ1) is 22.0. The minimum atomic E-state index is -0.0167. The van der Waals surface area contributed by atoms with Gasteiger partial charge in [0.25, 0.3) is 0 Å². The van der Waals surface area contributed by atoms with Crippen LogP contribution in [0, 0.1) is 0 Å². The highest BCUT2D eigenvalue weighted by atomic mass is 32.1. The first-order chi connectivity index (χ1) is 14.6. The summed E-state index contributed by atoms with van der Waals surface area (Å²) >= 11 is 1.52. The number of amides is 2. The second-order valence-corrected chi connectivity index (χ2v) is 7.86. The number of para-hydroxylation sites is 1. The Morgan fingerprint density at radius 2 is 2.03 bits per heavy atom. The van der Waals surface area contributed by atoms with E-state index in [0.717, 1.165) is 22.0 Å². The molecule has 2 aromatic rings. The van der Waals surface area contributed by atoms with Crippen molar-refractivity contribution in [2.24, 2.45) is 0 Å². The maximum Gasteiger partial charge on any atom is 0.234 e. The topological polar surface area (TPSA) is 74.8 Å².